The molecule has 2 aromatic heterocycles. The molecule has 9 heteroatoms. The molecule has 0 aliphatic rings. The Morgan fingerprint density at radius 3 is 2.82 bits per heavy atom. The number of hydrogen-bond acceptors (Lipinski definition) is 7. The number of halogens is 1. The normalized spacial score (nSPS) is 10.5. The number of aromatic nitrogens is 3. The Bertz CT molecular complexity index is 574. The third-order valence-corrected chi connectivity index (χ3v) is 3.79. The Kier molecular flexibility index (Phi) is 3.55. The Morgan fingerprint density at radius 1 is 1.47 bits per heavy atom. The zero-order valence-electron chi connectivity index (χ0n) is 8.45. The van der Waals surface area contributed by atoms with Gasteiger partial charge < -0.3 is 0 Å². The van der Waals surface area contributed by atoms with E-state index < -0.39 is 4.92 Å². The van der Waals surface area contributed by atoms with Crippen molar-refractivity contribution in [2.75, 3.05) is 0 Å². The number of aryl methyl sites for hydroxylation is 1. The standard InChI is InChI=1S/C8H5ClN4O2S2/c1-4-11-12-8(16-4)17-7-5(13(14)15)2-3-6(9)10-7/h2-3H,1H3. The summed E-state index contributed by atoms with van der Waals surface area (Å²) in [6.45, 7) is 1.81. The fourth-order valence-electron chi connectivity index (χ4n) is 1.03. The third-order valence-electron chi connectivity index (χ3n) is 1.69. The van der Waals surface area contributed by atoms with Crippen LogP contribution in [0.5, 0.6) is 0 Å². The van der Waals surface area contributed by atoms with E-state index in [1.54, 1.807) is 0 Å². The van der Waals surface area contributed by atoms with Gasteiger partial charge in [-0.2, -0.15) is 0 Å². The first kappa shape index (κ1) is 12.2. The molecule has 0 spiro atoms. The van der Waals surface area contributed by atoms with Crippen molar-refractivity contribution < 1.29 is 4.92 Å². The number of rotatable bonds is 3. The van der Waals surface area contributed by atoms with Gasteiger partial charge in [-0.1, -0.05) is 22.9 Å². The molecule has 0 radical (unpaired) electrons. The van der Waals surface area contributed by atoms with E-state index in [0.29, 0.717) is 4.34 Å². The summed E-state index contributed by atoms with van der Waals surface area (Å²) in [5.74, 6) is 0. The fraction of sp³-hybridized carbons (Fsp3) is 0.125. The highest BCUT2D eigenvalue weighted by Crippen LogP contribution is 2.35. The van der Waals surface area contributed by atoms with Crippen molar-refractivity contribution in [3.8, 4) is 0 Å². The smallest absolute Gasteiger partial charge is 0.258 e. The first-order chi connectivity index (χ1) is 8.06. The van der Waals surface area contributed by atoms with Gasteiger partial charge in [0.1, 0.15) is 10.2 Å². The minimum absolute atomic E-state index is 0.0905. The van der Waals surface area contributed by atoms with Crippen LogP contribution in [0.1, 0.15) is 5.01 Å². The fourth-order valence-corrected chi connectivity index (χ4v) is 3.04. The maximum atomic E-state index is 10.8. The SMILES string of the molecule is Cc1nnc(Sc2nc(Cl)ccc2[N+](=O)[O-])s1. The number of nitro groups is 1. The van der Waals surface area contributed by atoms with Gasteiger partial charge in [0, 0.05) is 6.07 Å². The second-order valence-electron chi connectivity index (χ2n) is 2.90. The number of nitrogens with zero attached hydrogens (tertiary/aromatic N) is 4. The molecule has 17 heavy (non-hydrogen) atoms. The predicted octanol–water partition coefficient (Wildman–Crippen LogP) is 2.95. The average molecular weight is 289 g/mol. The van der Waals surface area contributed by atoms with Crippen LogP contribution in [-0.4, -0.2) is 20.1 Å². The zero-order chi connectivity index (χ0) is 12.4. The zero-order valence-corrected chi connectivity index (χ0v) is 10.8. The van der Waals surface area contributed by atoms with Crippen LogP contribution in [0, 0.1) is 17.0 Å². The van der Waals surface area contributed by atoms with E-state index in [0.717, 1.165) is 16.8 Å². The largest absolute Gasteiger partial charge is 0.301 e. The maximum absolute atomic E-state index is 10.8. The summed E-state index contributed by atoms with van der Waals surface area (Å²) in [5.41, 5.74) is -0.0905. The molecule has 0 aliphatic heterocycles. The maximum Gasteiger partial charge on any atom is 0.301 e. The first-order valence-corrected chi connectivity index (χ1v) is 6.36. The van der Waals surface area contributed by atoms with Crippen LogP contribution in [0.25, 0.3) is 0 Å². The van der Waals surface area contributed by atoms with Gasteiger partial charge in [-0.15, -0.1) is 10.2 Å². The summed E-state index contributed by atoms with van der Waals surface area (Å²) in [6.07, 6.45) is 0. The molecule has 2 heterocycles. The van der Waals surface area contributed by atoms with Crippen LogP contribution in [-0.2, 0) is 0 Å². The van der Waals surface area contributed by atoms with E-state index >= 15 is 0 Å². The molecule has 0 saturated carbocycles. The molecular weight excluding hydrogens is 284 g/mol. The highest BCUT2D eigenvalue weighted by atomic mass is 35.5. The second kappa shape index (κ2) is 4.94. The van der Waals surface area contributed by atoms with Crippen molar-refractivity contribution >= 4 is 40.4 Å². The van der Waals surface area contributed by atoms with Gasteiger partial charge in [-0.25, -0.2) is 4.98 Å². The quantitative estimate of drug-likeness (QED) is 0.490. The van der Waals surface area contributed by atoms with Crippen molar-refractivity contribution in [2.24, 2.45) is 0 Å². The third kappa shape index (κ3) is 2.90. The van der Waals surface area contributed by atoms with Gasteiger partial charge in [0.15, 0.2) is 9.37 Å². The molecule has 0 N–H and O–H groups in total. The topological polar surface area (TPSA) is 81.8 Å². The lowest BCUT2D eigenvalue weighted by Gasteiger charge is -1.99. The van der Waals surface area contributed by atoms with Crippen molar-refractivity contribution in [3.05, 3.63) is 32.4 Å². The first-order valence-electron chi connectivity index (χ1n) is 4.35. The molecule has 2 rings (SSSR count). The summed E-state index contributed by atoms with van der Waals surface area (Å²) < 4.78 is 0.598. The highest BCUT2D eigenvalue weighted by Gasteiger charge is 2.18. The van der Waals surface area contributed by atoms with Crippen molar-refractivity contribution in [2.45, 2.75) is 16.3 Å². The minimum atomic E-state index is -0.500. The molecule has 0 aromatic carbocycles. The van der Waals surface area contributed by atoms with Gasteiger partial charge in [0.2, 0.25) is 0 Å². The van der Waals surface area contributed by atoms with Crippen molar-refractivity contribution in [1.82, 2.24) is 15.2 Å². The highest BCUT2D eigenvalue weighted by molar-refractivity contribution is 8.01. The lowest BCUT2D eigenvalue weighted by molar-refractivity contribution is -0.388. The molecular formula is C8H5ClN4O2S2. The van der Waals surface area contributed by atoms with Crippen LogP contribution >= 0.6 is 34.7 Å². The molecule has 2 aromatic rings. The van der Waals surface area contributed by atoms with E-state index in [-0.39, 0.29) is 15.9 Å². The van der Waals surface area contributed by atoms with Crippen LogP contribution in [0.15, 0.2) is 21.5 Å². The number of hydrogen-bond donors (Lipinski definition) is 0. The number of pyridine rings is 1. The van der Waals surface area contributed by atoms with Gasteiger partial charge in [0.25, 0.3) is 0 Å². The van der Waals surface area contributed by atoms with E-state index in [1.165, 1.54) is 23.5 Å². The van der Waals surface area contributed by atoms with Crippen LogP contribution in [0.3, 0.4) is 0 Å². The second-order valence-corrected chi connectivity index (χ2v) is 5.71. The molecule has 0 fully saturated rings. The van der Waals surface area contributed by atoms with Crippen molar-refractivity contribution in [1.29, 1.82) is 0 Å². The monoisotopic (exact) mass is 288 g/mol. The van der Waals surface area contributed by atoms with Gasteiger partial charge >= 0.3 is 5.69 Å². The molecule has 0 aliphatic carbocycles. The Hall–Kier alpha value is -1.25. The minimum Gasteiger partial charge on any atom is -0.258 e. The van der Waals surface area contributed by atoms with Gasteiger partial charge in [0.05, 0.1) is 4.92 Å². The van der Waals surface area contributed by atoms with Crippen LogP contribution in [0.4, 0.5) is 5.69 Å². The van der Waals surface area contributed by atoms with Crippen LogP contribution < -0.4 is 0 Å². The molecule has 6 nitrogen and oxygen atoms in total. The van der Waals surface area contributed by atoms with E-state index in [9.17, 15) is 10.1 Å². The van der Waals surface area contributed by atoms with Crippen molar-refractivity contribution in [3.63, 3.8) is 0 Å². The Balaban J connectivity index is 2.37. The summed E-state index contributed by atoms with van der Waals surface area (Å²) in [6, 6.07) is 2.71. The van der Waals surface area contributed by atoms with Gasteiger partial charge in [-0.3, -0.25) is 10.1 Å². The van der Waals surface area contributed by atoms with Crippen LogP contribution in [0.2, 0.25) is 5.15 Å². The van der Waals surface area contributed by atoms with E-state index in [2.05, 4.69) is 15.2 Å². The predicted molar refractivity (Wildman–Crippen MR) is 64.7 cm³/mol. The molecule has 0 atom stereocenters. The molecule has 0 amide bonds. The lowest BCUT2D eigenvalue weighted by Crippen LogP contribution is -1.93. The lowest BCUT2D eigenvalue weighted by atomic mass is 10.4. The molecule has 0 unspecified atom stereocenters. The molecule has 0 bridgehead atoms. The summed E-state index contributed by atoms with van der Waals surface area (Å²) >= 11 is 8.14. The summed E-state index contributed by atoms with van der Waals surface area (Å²) in [5, 5.41) is 19.7. The Labute approximate surface area is 109 Å². The van der Waals surface area contributed by atoms with E-state index in [4.69, 9.17) is 11.6 Å². The average Bonchev–Trinajstić information content (AvgIpc) is 2.63. The molecule has 0 saturated heterocycles. The Morgan fingerprint density at radius 2 is 2.24 bits per heavy atom. The van der Waals surface area contributed by atoms with Gasteiger partial charge in [-0.05, 0) is 24.8 Å². The summed E-state index contributed by atoms with van der Waals surface area (Å²) in [7, 11) is 0. The summed E-state index contributed by atoms with van der Waals surface area (Å²) in [4.78, 5) is 14.2. The van der Waals surface area contributed by atoms with E-state index in [1.807, 2.05) is 6.92 Å². The molecule has 88 valence electrons.